The number of aromatic amines is 1. The number of fused-ring (bicyclic) bond motifs is 1. The van der Waals surface area contributed by atoms with Crippen LogP contribution in [0, 0.1) is 5.92 Å². The summed E-state index contributed by atoms with van der Waals surface area (Å²) in [4.78, 5) is 26.5. The topological polar surface area (TPSA) is 86.5 Å². The molecular formula is C13H14N2O4. The molecule has 3 rings (SSSR count). The summed E-state index contributed by atoms with van der Waals surface area (Å²) in [7, 11) is 1.93. The molecule has 1 saturated carbocycles. The molecule has 1 heterocycles. The van der Waals surface area contributed by atoms with Crippen molar-refractivity contribution < 1.29 is 14.3 Å². The fraction of sp³-hybridized carbons (Fsp3) is 0.385. The normalized spacial score (nSPS) is 22.2. The molecule has 2 N–H and O–H groups in total. The van der Waals surface area contributed by atoms with Gasteiger partial charge in [0.05, 0.1) is 11.4 Å². The predicted molar refractivity (Wildman–Crippen MR) is 69.4 cm³/mol. The summed E-state index contributed by atoms with van der Waals surface area (Å²) in [6.07, 6.45) is 1.32. The SMILES string of the molecule is CN(c1ccc2oc(=O)[nH]c2c1)C1CC(C(=O)O)C1. The van der Waals surface area contributed by atoms with Gasteiger partial charge in [0.25, 0.3) is 0 Å². The van der Waals surface area contributed by atoms with Crippen molar-refractivity contribution in [2.24, 2.45) is 5.92 Å². The Hall–Kier alpha value is -2.24. The number of nitrogens with zero attached hydrogens (tertiary/aromatic N) is 1. The number of aromatic nitrogens is 1. The number of hydrogen-bond acceptors (Lipinski definition) is 4. The standard InChI is InChI=1S/C13H14N2O4/c1-15(9-4-7(5-9)12(16)17)8-2-3-11-10(6-8)14-13(18)19-11/h2-3,6-7,9H,4-5H2,1H3,(H,14,18)(H,16,17). The van der Waals surface area contributed by atoms with Crippen LogP contribution >= 0.6 is 0 Å². The molecule has 0 bridgehead atoms. The van der Waals surface area contributed by atoms with Gasteiger partial charge in [-0.15, -0.1) is 0 Å². The van der Waals surface area contributed by atoms with Crippen molar-refractivity contribution in [3.05, 3.63) is 28.7 Å². The molecule has 1 fully saturated rings. The van der Waals surface area contributed by atoms with E-state index in [0.29, 0.717) is 23.9 Å². The number of nitrogens with one attached hydrogen (secondary N) is 1. The van der Waals surface area contributed by atoms with Gasteiger partial charge in [-0.3, -0.25) is 9.78 Å². The Balaban J connectivity index is 1.80. The molecular weight excluding hydrogens is 248 g/mol. The molecule has 19 heavy (non-hydrogen) atoms. The minimum Gasteiger partial charge on any atom is -0.481 e. The monoisotopic (exact) mass is 262 g/mol. The van der Waals surface area contributed by atoms with Crippen LogP contribution in [0.4, 0.5) is 5.69 Å². The third-order valence-corrected chi connectivity index (χ3v) is 3.82. The molecule has 0 radical (unpaired) electrons. The highest BCUT2D eigenvalue weighted by Gasteiger charge is 2.36. The number of carbonyl (C=O) groups is 1. The minimum atomic E-state index is -0.723. The summed E-state index contributed by atoms with van der Waals surface area (Å²) >= 11 is 0. The molecule has 0 aliphatic heterocycles. The summed E-state index contributed by atoms with van der Waals surface area (Å²) in [5.41, 5.74) is 2.13. The van der Waals surface area contributed by atoms with E-state index in [1.54, 1.807) is 6.07 Å². The number of carboxylic acids is 1. The Morgan fingerprint density at radius 1 is 1.47 bits per heavy atom. The molecule has 0 spiro atoms. The van der Waals surface area contributed by atoms with Gasteiger partial charge in [-0.25, -0.2) is 4.79 Å². The van der Waals surface area contributed by atoms with E-state index in [2.05, 4.69) is 4.98 Å². The zero-order chi connectivity index (χ0) is 13.6. The van der Waals surface area contributed by atoms with E-state index in [1.807, 2.05) is 24.1 Å². The largest absolute Gasteiger partial charge is 0.481 e. The van der Waals surface area contributed by atoms with Crippen LogP contribution < -0.4 is 10.7 Å². The highest BCUT2D eigenvalue weighted by Crippen LogP contribution is 2.34. The first-order valence-corrected chi connectivity index (χ1v) is 6.13. The molecule has 1 aliphatic rings. The molecule has 1 aromatic carbocycles. The average Bonchev–Trinajstić information content (AvgIpc) is 2.65. The van der Waals surface area contributed by atoms with E-state index in [-0.39, 0.29) is 12.0 Å². The number of aliphatic carboxylic acids is 1. The van der Waals surface area contributed by atoms with Crippen LogP contribution in [0.1, 0.15) is 12.8 Å². The van der Waals surface area contributed by atoms with Gasteiger partial charge in [0, 0.05) is 18.8 Å². The summed E-state index contributed by atoms with van der Waals surface area (Å²) in [6.45, 7) is 0. The molecule has 0 atom stereocenters. The van der Waals surface area contributed by atoms with E-state index in [1.165, 1.54) is 0 Å². The van der Waals surface area contributed by atoms with E-state index < -0.39 is 11.7 Å². The molecule has 6 nitrogen and oxygen atoms in total. The van der Waals surface area contributed by atoms with Gasteiger partial charge >= 0.3 is 11.7 Å². The first kappa shape index (κ1) is 11.8. The zero-order valence-electron chi connectivity index (χ0n) is 10.4. The highest BCUT2D eigenvalue weighted by atomic mass is 16.4. The van der Waals surface area contributed by atoms with Crippen molar-refractivity contribution in [3.63, 3.8) is 0 Å². The number of H-pyrrole nitrogens is 1. The number of hydrogen-bond donors (Lipinski definition) is 2. The molecule has 0 unspecified atom stereocenters. The van der Waals surface area contributed by atoms with Crippen LogP contribution in [0.5, 0.6) is 0 Å². The Bertz CT molecular complexity index is 681. The lowest BCUT2D eigenvalue weighted by atomic mass is 9.79. The number of oxazole rings is 1. The first-order valence-electron chi connectivity index (χ1n) is 6.13. The molecule has 2 aromatic rings. The second-order valence-electron chi connectivity index (χ2n) is 4.97. The molecule has 0 amide bonds. The van der Waals surface area contributed by atoms with Crippen molar-refractivity contribution in [2.75, 3.05) is 11.9 Å². The van der Waals surface area contributed by atoms with Gasteiger partial charge in [-0.05, 0) is 31.0 Å². The summed E-state index contributed by atoms with van der Waals surface area (Å²) < 4.78 is 4.94. The third-order valence-electron chi connectivity index (χ3n) is 3.82. The van der Waals surface area contributed by atoms with Crippen molar-refractivity contribution in [1.82, 2.24) is 4.98 Å². The summed E-state index contributed by atoms with van der Waals surface area (Å²) in [6, 6.07) is 5.69. The van der Waals surface area contributed by atoms with Gasteiger partial charge in [-0.2, -0.15) is 0 Å². The van der Waals surface area contributed by atoms with Gasteiger partial charge in [0.1, 0.15) is 0 Å². The van der Waals surface area contributed by atoms with Crippen molar-refractivity contribution >= 4 is 22.8 Å². The summed E-state index contributed by atoms with van der Waals surface area (Å²) in [5.74, 6) is -1.42. The number of benzene rings is 1. The van der Waals surface area contributed by atoms with Crippen molar-refractivity contribution in [2.45, 2.75) is 18.9 Å². The van der Waals surface area contributed by atoms with Gasteiger partial charge < -0.3 is 14.4 Å². The Labute approximate surface area is 108 Å². The fourth-order valence-electron chi connectivity index (χ4n) is 2.48. The lowest BCUT2D eigenvalue weighted by molar-refractivity contribution is -0.145. The first-order chi connectivity index (χ1) is 9.04. The highest BCUT2D eigenvalue weighted by molar-refractivity contribution is 5.77. The molecule has 0 saturated heterocycles. The maximum absolute atomic E-state index is 11.1. The van der Waals surface area contributed by atoms with Crippen LogP contribution in [-0.4, -0.2) is 29.1 Å². The molecule has 1 aromatic heterocycles. The van der Waals surface area contributed by atoms with Gasteiger partial charge in [0.15, 0.2) is 5.58 Å². The Morgan fingerprint density at radius 2 is 2.21 bits per heavy atom. The van der Waals surface area contributed by atoms with Crippen LogP contribution in [-0.2, 0) is 4.79 Å². The van der Waals surface area contributed by atoms with Crippen LogP contribution in [0.3, 0.4) is 0 Å². The zero-order valence-corrected chi connectivity index (χ0v) is 10.4. The maximum Gasteiger partial charge on any atom is 0.417 e. The fourth-order valence-corrected chi connectivity index (χ4v) is 2.48. The number of rotatable bonds is 3. The average molecular weight is 262 g/mol. The second-order valence-corrected chi connectivity index (χ2v) is 4.97. The Kier molecular flexibility index (Phi) is 2.58. The van der Waals surface area contributed by atoms with Gasteiger partial charge in [-0.1, -0.05) is 0 Å². The van der Waals surface area contributed by atoms with Crippen LogP contribution in [0.25, 0.3) is 11.1 Å². The maximum atomic E-state index is 11.1. The van der Waals surface area contributed by atoms with E-state index in [9.17, 15) is 9.59 Å². The van der Waals surface area contributed by atoms with E-state index in [0.717, 1.165) is 5.69 Å². The lowest BCUT2D eigenvalue weighted by Crippen LogP contribution is -2.45. The number of carboxylic acid groups (broad SMARTS) is 1. The van der Waals surface area contributed by atoms with Gasteiger partial charge in [0.2, 0.25) is 0 Å². The van der Waals surface area contributed by atoms with E-state index in [4.69, 9.17) is 9.52 Å². The molecule has 1 aliphatic carbocycles. The molecule has 6 heteroatoms. The quantitative estimate of drug-likeness (QED) is 0.873. The second kappa shape index (κ2) is 4.15. The predicted octanol–water partition coefficient (Wildman–Crippen LogP) is 1.42. The van der Waals surface area contributed by atoms with Crippen LogP contribution in [0.15, 0.2) is 27.4 Å². The molecule has 100 valence electrons. The van der Waals surface area contributed by atoms with Crippen LogP contribution in [0.2, 0.25) is 0 Å². The lowest BCUT2D eigenvalue weighted by Gasteiger charge is -2.40. The summed E-state index contributed by atoms with van der Waals surface area (Å²) in [5, 5.41) is 8.88. The number of anilines is 1. The third kappa shape index (κ3) is 1.99. The minimum absolute atomic E-state index is 0.232. The van der Waals surface area contributed by atoms with Crippen molar-refractivity contribution in [3.8, 4) is 0 Å². The van der Waals surface area contributed by atoms with Crippen molar-refractivity contribution in [1.29, 1.82) is 0 Å². The smallest absolute Gasteiger partial charge is 0.417 e. The van der Waals surface area contributed by atoms with E-state index >= 15 is 0 Å². The Morgan fingerprint density at radius 3 is 2.89 bits per heavy atom.